The number of alkyl halides is 3. The molecule has 1 aromatic carbocycles. The van der Waals surface area contributed by atoms with E-state index in [1.807, 2.05) is 0 Å². The Kier molecular flexibility index (Phi) is 3.33. The Hall–Kier alpha value is -0.790. The summed E-state index contributed by atoms with van der Waals surface area (Å²) >= 11 is 1.61. The first-order valence-electron chi connectivity index (χ1n) is 5.07. The second-order valence-electron chi connectivity index (χ2n) is 3.83. The normalized spacial score (nSPS) is 16.1. The van der Waals surface area contributed by atoms with Crippen LogP contribution in [0, 0.1) is 3.57 Å². The van der Waals surface area contributed by atoms with Crippen LogP contribution in [-0.2, 0) is 6.18 Å². The molecule has 2 rings (SSSR count). The van der Waals surface area contributed by atoms with E-state index in [0.717, 1.165) is 6.07 Å². The first-order valence-corrected chi connectivity index (χ1v) is 6.15. The van der Waals surface area contributed by atoms with Crippen molar-refractivity contribution in [1.29, 1.82) is 0 Å². The molecule has 0 radical (unpaired) electrons. The summed E-state index contributed by atoms with van der Waals surface area (Å²) in [6.45, 7) is 0.524. The van der Waals surface area contributed by atoms with E-state index >= 15 is 0 Å². The molecule has 0 fully saturated rings. The molecule has 1 aliphatic rings. The molecule has 0 saturated heterocycles. The number of nitrogens with one attached hydrogen (secondary N) is 1. The van der Waals surface area contributed by atoms with Crippen LogP contribution in [0.4, 0.5) is 18.9 Å². The van der Waals surface area contributed by atoms with Crippen LogP contribution < -0.4 is 5.32 Å². The van der Waals surface area contributed by atoms with E-state index < -0.39 is 11.7 Å². The lowest BCUT2D eigenvalue weighted by atomic mass is 10.0. The summed E-state index contributed by atoms with van der Waals surface area (Å²) in [5, 5.41) is 2.87. The van der Waals surface area contributed by atoms with E-state index in [0.29, 0.717) is 30.6 Å². The third kappa shape index (κ3) is 2.56. The van der Waals surface area contributed by atoms with Gasteiger partial charge in [0, 0.05) is 27.8 Å². The van der Waals surface area contributed by atoms with Crippen LogP contribution in [0.3, 0.4) is 0 Å². The molecule has 1 aliphatic heterocycles. The van der Waals surface area contributed by atoms with E-state index in [9.17, 15) is 18.0 Å². The molecule has 1 N–H and O–H groups in total. The van der Waals surface area contributed by atoms with Crippen molar-refractivity contribution in [1.82, 2.24) is 0 Å². The number of hydrogen-bond acceptors (Lipinski definition) is 2. The predicted octanol–water partition coefficient (Wildman–Crippen LogP) is 3.70. The highest BCUT2D eigenvalue weighted by atomic mass is 127. The van der Waals surface area contributed by atoms with Gasteiger partial charge >= 0.3 is 6.18 Å². The molecule has 0 atom stereocenters. The molecule has 0 unspecified atom stereocenters. The minimum Gasteiger partial charge on any atom is -0.384 e. The van der Waals surface area contributed by atoms with Crippen molar-refractivity contribution in [3.05, 3.63) is 26.8 Å². The first-order chi connectivity index (χ1) is 7.89. The van der Waals surface area contributed by atoms with E-state index in [2.05, 4.69) is 5.32 Å². The van der Waals surface area contributed by atoms with Crippen LogP contribution in [0.15, 0.2) is 12.1 Å². The van der Waals surface area contributed by atoms with Crippen molar-refractivity contribution >= 4 is 34.1 Å². The zero-order valence-corrected chi connectivity index (χ0v) is 10.9. The zero-order valence-electron chi connectivity index (χ0n) is 8.70. The van der Waals surface area contributed by atoms with Crippen molar-refractivity contribution in [2.45, 2.75) is 19.0 Å². The lowest BCUT2D eigenvalue weighted by Crippen LogP contribution is -2.11. The molecular weight excluding hydrogens is 346 g/mol. The van der Waals surface area contributed by atoms with Gasteiger partial charge in [0.2, 0.25) is 0 Å². The second-order valence-corrected chi connectivity index (χ2v) is 4.99. The van der Waals surface area contributed by atoms with Crippen molar-refractivity contribution in [3.8, 4) is 0 Å². The number of ketones is 1. The number of carbonyl (C=O) groups is 1. The van der Waals surface area contributed by atoms with Crippen molar-refractivity contribution in [3.63, 3.8) is 0 Å². The lowest BCUT2D eigenvalue weighted by Gasteiger charge is -2.14. The quantitative estimate of drug-likeness (QED) is 0.720. The smallest absolute Gasteiger partial charge is 0.384 e. The highest BCUT2D eigenvalue weighted by Crippen LogP contribution is 2.36. The van der Waals surface area contributed by atoms with Gasteiger partial charge in [0.25, 0.3) is 0 Å². The Morgan fingerprint density at radius 1 is 1.29 bits per heavy atom. The van der Waals surface area contributed by atoms with Gasteiger partial charge < -0.3 is 5.32 Å². The highest BCUT2D eigenvalue weighted by molar-refractivity contribution is 14.1. The third-order valence-corrected chi connectivity index (χ3v) is 3.50. The van der Waals surface area contributed by atoms with Crippen LogP contribution in [0.2, 0.25) is 0 Å². The molecule has 0 aromatic heterocycles. The number of carbonyl (C=O) groups excluding carboxylic acids is 1. The molecule has 2 nitrogen and oxygen atoms in total. The summed E-state index contributed by atoms with van der Waals surface area (Å²) in [5.74, 6) is -0.100. The second kappa shape index (κ2) is 4.47. The molecular formula is C11H9F3INO. The molecule has 6 heteroatoms. The Bertz CT molecular complexity index is 471. The fourth-order valence-electron chi connectivity index (χ4n) is 1.77. The van der Waals surface area contributed by atoms with Crippen LogP contribution in [0.25, 0.3) is 0 Å². The third-order valence-electron chi connectivity index (χ3n) is 2.61. The summed E-state index contributed by atoms with van der Waals surface area (Å²) in [6.07, 6.45) is -3.37. The SMILES string of the molecule is O=C1CCCNc2cc(C(F)(F)F)c(I)cc21. The minimum absolute atomic E-state index is 0.0610. The number of anilines is 1. The van der Waals surface area contributed by atoms with Gasteiger partial charge in [-0.15, -0.1) is 0 Å². The molecule has 0 bridgehead atoms. The highest BCUT2D eigenvalue weighted by Gasteiger charge is 2.34. The maximum atomic E-state index is 12.7. The van der Waals surface area contributed by atoms with E-state index in [1.54, 1.807) is 22.6 Å². The van der Waals surface area contributed by atoms with E-state index in [1.165, 1.54) is 6.07 Å². The number of Topliss-reactive ketones (excluding diaryl/α,β-unsaturated/α-hetero) is 1. The van der Waals surface area contributed by atoms with Gasteiger partial charge in [0.1, 0.15) is 0 Å². The largest absolute Gasteiger partial charge is 0.417 e. The van der Waals surface area contributed by atoms with Crippen LogP contribution in [0.5, 0.6) is 0 Å². The van der Waals surface area contributed by atoms with Gasteiger partial charge in [-0.25, -0.2) is 0 Å². The molecule has 1 heterocycles. The molecule has 0 spiro atoms. The fraction of sp³-hybridized carbons (Fsp3) is 0.364. The minimum atomic E-state index is -4.39. The van der Waals surface area contributed by atoms with Crippen molar-refractivity contribution in [2.24, 2.45) is 0 Å². The summed E-state index contributed by atoms with van der Waals surface area (Å²) in [5.41, 5.74) is -0.0424. The average molecular weight is 355 g/mol. The molecule has 17 heavy (non-hydrogen) atoms. The molecule has 0 amide bonds. The van der Waals surface area contributed by atoms with Gasteiger partial charge in [0.15, 0.2) is 5.78 Å². The molecule has 0 aliphatic carbocycles. The summed E-state index contributed by atoms with van der Waals surface area (Å²) < 4.78 is 38.2. The number of benzene rings is 1. The topological polar surface area (TPSA) is 29.1 Å². The van der Waals surface area contributed by atoms with Crippen LogP contribution in [-0.4, -0.2) is 12.3 Å². The lowest BCUT2D eigenvalue weighted by molar-refractivity contribution is -0.138. The van der Waals surface area contributed by atoms with Crippen LogP contribution in [0.1, 0.15) is 28.8 Å². The monoisotopic (exact) mass is 355 g/mol. The number of halogens is 4. The Balaban J connectivity index is 2.56. The Morgan fingerprint density at radius 2 is 2.00 bits per heavy atom. The zero-order chi connectivity index (χ0) is 12.6. The number of hydrogen-bond donors (Lipinski definition) is 1. The Morgan fingerprint density at radius 3 is 2.65 bits per heavy atom. The van der Waals surface area contributed by atoms with Gasteiger partial charge in [-0.2, -0.15) is 13.2 Å². The van der Waals surface area contributed by atoms with Gasteiger partial charge in [-0.05, 0) is 41.1 Å². The summed E-state index contributed by atoms with van der Waals surface area (Å²) in [4.78, 5) is 11.7. The fourth-order valence-corrected chi connectivity index (χ4v) is 2.55. The number of rotatable bonds is 0. The van der Waals surface area contributed by atoms with Crippen LogP contribution >= 0.6 is 22.6 Å². The van der Waals surface area contributed by atoms with Crippen molar-refractivity contribution in [2.75, 3.05) is 11.9 Å². The van der Waals surface area contributed by atoms with E-state index in [4.69, 9.17) is 0 Å². The van der Waals surface area contributed by atoms with Gasteiger partial charge in [-0.1, -0.05) is 0 Å². The van der Waals surface area contributed by atoms with E-state index in [-0.39, 0.29) is 9.35 Å². The van der Waals surface area contributed by atoms with Gasteiger partial charge in [0.05, 0.1) is 5.56 Å². The Labute approximate surface area is 110 Å². The first kappa shape index (κ1) is 12.7. The maximum Gasteiger partial charge on any atom is 0.417 e. The average Bonchev–Trinajstić information content (AvgIpc) is 2.39. The molecule has 1 aromatic rings. The number of fused-ring (bicyclic) bond motifs is 1. The predicted molar refractivity (Wildman–Crippen MR) is 66.2 cm³/mol. The standard InChI is InChI=1S/C11H9F3INO/c12-11(13,14)7-5-9-6(4-8(7)15)10(17)2-1-3-16-9/h4-5,16H,1-3H2. The van der Waals surface area contributed by atoms with Crippen molar-refractivity contribution < 1.29 is 18.0 Å². The maximum absolute atomic E-state index is 12.7. The summed E-state index contributed by atoms with van der Waals surface area (Å²) in [7, 11) is 0. The molecule has 0 saturated carbocycles. The molecule has 92 valence electrons. The van der Waals surface area contributed by atoms with Gasteiger partial charge in [-0.3, -0.25) is 4.79 Å². The summed E-state index contributed by atoms with van der Waals surface area (Å²) in [6, 6.07) is 2.35.